The normalized spacial score (nSPS) is 13.7. The molecule has 16 nitrogen and oxygen atoms in total. The number of primary amides is 1. The van der Waals surface area contributed by atoms with Crippen LogP contribution in [-0.4, -0.2) is 82.9 Å². The molecule has 2 aromatic rings. The predicted molar refractivity (Wildman–Crippen MR) is 160 cm³/mol. The predicted octanol–water partition coefficient (Wildman–Crippen LogP) is -2.37. The summed E-state index contributed by atoms with van der Waals surface area (Å²) in [7, 11) is 0. The zero-order valence-electron chi connectivity index (χ0n) is 23.9. The molecular formula is C27H42N10O6. The lowest BCUT2D eigenvalue weighted by Gasteiger charge is -2.25. The molecule has 4 amide bonds. The number of hydrogen-bond acceptors (Lipinski definition) is 8. The van der Waals surface area contributed by atoms with Gasteiger partial charge in [-0.25, -0.2) is 4.79 Å². The monoisotopic (exact) mass is 602 g/mol. The molecule has 0 saturated heterocycles. The Morgan fingerprint density at radius 3 is 2.16 bits per heavy atom. The molecule has 0 aliphatic heterocycles. The average Bonchev–Trinajstić information content (AvgIpc) is 3.36. The van der Waals surface area contributed by atoms with Crippen molar-refractivity contribution < 1.29 is 29.1 Å². The number of H-pyrrole nitrogens is 1. The first-order valence-electron chi connectivity index (χ1n) is 13.9. The number of carboxylic acids is 1. The number of para-hydroxylation sites is 1. The lowest BCUT2D eigenvalue weighted by Crippen LogP contribution is -2.57. The molecule has 0 bridgehead atoms. The van der Waals surface area contributed by atoms with Crippen molar-refractivity contribution in [3.8, 4) is 0 Å². The molecule has 0 radical (unpaired) electrons. The van der Waals surface area contributed by atoms with E-state index in [1.807, 2.05) is 24.3 Å². The molecule has 1 heterocycles. The first-order valence-corrected chi connectivity index (χ1v) is 13.9. The van der Waals surface area contributed by atoms with Crippen molar-refractivity contribution in [2.45, 2.75) is 69.1 Å². The van der Waals surface area contributed by atoms with Crippen LogP contribution in [0.3, 0.4) is 0 Å². The zero-order valence-corrected chi connectivity index (χ0v) is 23.9. The molecule has 236 valence electrons. The molecule has 0 aliphatic rings. The van der Waals surface area contributed by atoms with Crippen molar-refractivity contribution in [1.82, 2.24) is 20.9 Å². The molecule has 0 saturated carbocycles. The summed E-state index contributed by atoms with van der Waals surface area (Å²) in [6, 6.07) is 2.41. The maximum atomic E-state index is 13.5. The van der Waals surface area contributed by atoms with Gasteiger partial charge in [0.25, 0.3) is 0 Å². The van der Waals surface area contributed by atoms with Crippen LogP contribution in [0.1, 0.15) is 44.1 Å². The minimum Gasteiger partial charge on any atom is -0.480 e. The number of nitrogens with two attached hydrogens (primary N) is 5. The molecule has 15 N–H and O–H groups in total. The second-order valence-electron chi connectivity index (χ2n) is 10.1. The number of carbonyl (C=O) groups is 5. The third-order valence-electron chi connectivity index (χ3n) is 6.64. The number of unbranched alkanes of at least 4 members (excludes halogenated alkanes) is 1. The van der Waals surface area contributed by atoms with E-state index >= 15 is 0 Å². The van der Waals surface area contributed by atoms with Crippen LogP contribution in [0, 0.1) is 0 Å². The number of amides is 4. The second-order valence-corrected chi connectivity index (χ2v) is 10.1. The van der Waals surface area contributed by atoms with E-state index in [9.17, 15) is 29.1 Å². The molecule has 43 heavy (non-hydrogen) atoms. The van der Waals surface area contributed by atoms with Gasteiger partial charge in [0.1, 0.15) is 18.1 Å². The van der Waals surface area contributed by atoms with Gasteiger partial charge < -0.3 is 54.7 Å². The Bertz CT molecular complexity index is 1290. The minimum atomic E-state index is -1.61. The van der Waals surface area contributed by atoms with Crippen molar-refractivity contribution in [3.05, 3.63) is 36.0 Å². The third kappa shape index (κ3) is 11.6. The van der Waals surface area contributed by atoms with Crippen LogP contribution in [0.5, 0.6) is 0 Å². The fraction of sp³-hybridized carbons (Fsp3) is 0.481. The van der Waals surface area contributed by atoms with Crippen LogP contribution in [0.15, 0.2) is 35.5 Å². The highest BCUT2D eigenvalue weighted by Gasteiger charge is 2.31. The maximum absolute atomic E-state index is 13.5. The smallest absolute Gasteiger partial charge is 0.326 e. The number of aromatic amines is 1. The standard InChI is InChI=1S/C27H42N10O6/c28-10-4-3-9-19(35-23(39)17(29)7-5-11-33-27(31)32)24(40)36-20(25(41)37-21(26(42)43)13-22(30)38)12-15-14-34-18-8-2-1-6-16(15)18/h1-2,6,8,14,17,19-21,34H,3-5,7,9-13,28-29H2,(H2,30,38)(H,35,39)(H,36,40)(H,37,41)(H,42,43)(H4,31,32,33). The molecule has 1 aromatic heterocycles. The minimum absolute atomic E-state index is 0.0295. The largest absolute Gasteiger partial charge is 0.480 e. The average molecular weight is 603 g/mol. The number of aliphatic carboxylic acids is 1. The third-order valence-corrected chi connectivity index (χ3v) is 6.64. The van der Waals surface area contributed by atoms with Crippen molar-refractivity contribution in [2.75, 3.05) is 13.1 Å². The van der Waals surface area contributed by atoms with Crippen LogP contribution in [0.2, 0.25) is 0 Å². The van der Waals surface area contributed by atoms with E-state index in [2.05, 4.69) is 25.9 Å². The number of benzene rings is 1. The number of aromatic nitrogens is 1. The van der Waals surface area contributed by atoms with Gasteiger partial charge in [-0.05, 0) is 50.3 Å². The van der Waals surface area contributed by atoms with E-state index in [0.717, 1.165) is 10.9 Å². The molecule has 0 spiro atoms. The van der Waals surface area contributed by atoms with E-state index in [-0.39, 0.29) is 31.8 Å². The van der Waals surface area contributed by atoms with Gasteiger partial charge in [-0.2, -0.15) is 0 Å². The van der Waals surface area contributed by atoms with Crippen molar-refractivity contribution in [2.24, 2.45) is 33.7 Å². The highest BCUT2D eigenvalue weighted by Crippen LogP contribution is 2.19. The van der Waals surface area contributed by atoms with Gasteiger partial charge in [-0.3, -0.25) is 24.2 Å². The summed E-state index contributed by atoms with van der Waals surface area (Å²) >= 11 is 0. The molecule has 1 aromatic carbocycles. The fourth-order valence-corrected chi connectivity index (χ4v) is 4.37. The number of hydrogen-bond donors (Lipinski definition) is 10. The summed E-state index contributed by atoms with van der Waals surface area (Å²) in [5, 5.41) is 17.9. The quantitative estimate of drug-likeness (QED) is 0.0463. The lowest BCUT2D eigenvalue weighted by atomic mass is 10.0. The molecule has 0 aliphatic carbocycles. The van der Waals surface area contributed by atoms with Crippen LogP contribution in [0.25, 0.3) is 10.9 Å². The van der Waals surface area contributed by atoms with Gasteiger partial charge in [0.2, 0.25) is 23.6 Å². The number of carbonyl (C=O) groups excluding carboxylic acids is 4. The summed E-state index contributed by atoms with van der Waals surface area (Å²) in [6.07, 6.45) is 2.96. The molecular weight excluding hydrogens is 560 g/mol. The van der Waals surface area contributed by atoms with Crippen molar-refractivity contribution >= 4 is 46.5 Å². The van der Waals surface area contributed by atoms with Gasteiger partial charge in [0.15, 0.2) is 5.96 Å². The second kappa shape index (κ2) is 17.3. The molecule has 4 atom stereocenters. The summed E-state index contributed by atoms with van der Waals surface area (Å²) in [4.78, 5) is 69.7. The van der Waals surface area contributed by atoms with Crippen LogP contribution < -0.4 is 44.6 Å². The Hall–Kier alpha value is -4.70. The summed E-state index contributed by atoms with van der Waals surface area (Å²) < 4.78 is 0. The number of nitrogens with zero attached hydrogens (tertiary/aromatic N) is 1. The number of nitrogens with one attached hydrogen (secondary N) is 4. The summed E-state index contributed by atoms with van der Waals surface area (Å²) in [6.45, 7) is 0.649. The van der Waals surface area contributed by atoms with E-state index in [0.29, 0.717) is 31.4 Å². The lowest BCUT2D eigenvalue weighted by molar-refractivity contribution is -0.143. The first kappa shape index (κ1) is 34.5. The highest BCUT2D eigenvalue weighted by molar-refractivity contribution is 5.95. The number of rotatable bonds is 19. The van der Waals surface area contributed by atoms with E-state index in [4.69, 9.17) is 28.7 Å². The highest BCUT2D eigenvalue weighted by atomic mass is 16.4. The topological polar surface area (TPSA) is 300 Å². The Morgan fingerprint density at radius 1 is 0.860 bits per heavy atom. The fourth-order valence-electron chi connectivity index (χ4n) is 4.37. The van der Waals surface area contributed by atoms with Crippen molar-refractivity contribution in [1.29, 1.82) is 0 Å². The molecule has 4 unspecified atom stereocenters. The maximum Gasteiger partial charge on any atom is 0.326 e. The van der Waals surface area contributed by atoms with Gasteiger partial charge in [-0.15, -0.1) is 0 Å². The Balaban J connectivity index is 2.26. The van der Waals surface area contributed by atoms with Gasteiger partial charge in [0, 0.05) is 30.1 Å². The number of fused-ring (bicyclic) bond motifs is 1. The zero-order chi connectivity index (χ0) is 31.9. The van der Waals surface area contributed by atoms with Crippen molar-refractivity contribution in [3.63, 3.8) is 0 Å². The SMILES string of the molecule is NCCCCC(NC(=O)C(N)CCCN=C(N)N)C(=O)NC(Cc1c[nH]c2ccccc12)C(=O)NC(CC(N)=O)C(=O)O. The van der Waals surface area contributed by atoms with E-state index in [1.165, 1.54) is 0 Å². The van der Waals surface area contributed by atoms with Gasteiger partial charge in [-0.1, -0.05) is 18.2 Å². The van der Waals surface area contributed by atoms with Gasteiger partial charge in [0.05, 0.1) is 12.5 Å². The first-order chi connectivity index (χ1) is 20.4. The number of guanidine groups is 1. The van der Waals surface area contributed by atoms with Crippen LogP contribution >= 0.6 is 0 Å². The van der Waals surface area contributed by atoms with Crippen LogP contribution in [-0.2, 0) is 30.4 Å². The molecule has 2 rings (SSSR count). The molecule has 0 fully saturated rings. The summed E-state index contributed by atoms with van der Waals surface area (Å²) in [5.74, 6) is -4.59. The van der Waals surface area contributed by atoms with E-state index < -0.39 is 60.2 Å². The Labute approximate surface area is 248 Å². The number of carboxylic acid groups (broad SMARTS) is 1. The van der Waals surface area contributed by atoms with Gasteiger partial charge >= 0.3 is 5.97 Å². The Kier molecular flexibility index (Phi) is 13.9. The van der Waals surface area contributed by atoms with E-state index in [1.54, 1.807) is 6.20 Å². The Morgan fingerprint density at radius 2 is 1.51 bits per heavy atom. The summed E-state index contributed by atoms with van der Waals surface area (Å²) in [5.41, 5.74) is 28.8. The van der Waals surface area contributed by atoms with Crippen LogP contribution in [0.4, 0.5) is 0 Å². The molecule has 16 heteroatoms. The number of aliphatic imine (C=N–C) groups is 1.